The second-order valence-electron chi connectivity index (χ2n) is 5.48. The molecule has 0 saturated carbocycles. The predicted octanol–water partition coefficient (Wildman–Crippen LogP) is 2.77. The second kappa shape index (κ2) is 8.03. The molecule has 0 spiro atoms. The minimum atomic E-state index is 0.338. The van der Waals surface area contributed by atoms with Crippen molar-refractivity contribution in [2.45, 2.75) is 23.8 Å². The fourth-order valence-electron chi connectivity index (χ4n) is 3.07. The highest BCUT2D eigenvalue weighted by Crippen LogP contribution is 2.27. The summed E-state index contributed by atoms with van der Waals surface area (Å²) in [5, 5.41) is 0. The van der Waals surface area contributed by atoms with Crippen molar-refractivity contribution >= 4 is 11.8 Å². The van der Waals surface area contributed by atoms with Crippen molar-refractivity contribution in [3.63, 3.8) is 0 Å². The van der Waals surface area contributed by atoms with Gasteiger partial charge in [-0.05, 0) is 49.3 Å². The summed E-state index contributed by atoms with van der Waals surface area (Å²) < 4.78 is 5.32. The van der Waals surface area contributed by atoms with Gasteiger partial charge in [0.25, 0.3) is 0 Å². The smallest absolute Gasteiger partial charge is 0.0502 e. The predicted molar refractivity (Wildman–Crippen MR) is 86.2 cm³/mol. The van der Waals surface area contributed by atoms with Crippen LogP contribution in [0.3, 0.4) is 0 Å². The van der Waals surface area contributed by atoms with E-state index in [4.69, 9.17) is 10.5 Å². The summed E-state index contributed by atoms with van der Waals surface area (Å²) in [6, 6.07) is 9.18. The van der Waals surface area contributed by atoms with Crippen LogP contribution in [0, 0.1) is 5.92 Å². The van der Waals surface area contributed by atoms with Crippen molar-refractivity contribution in [2.75, 3.05) is 39.6 Å². The van der Waals surface area contributed by atoms with Gasteiger partial charge in [-0.25, -0.2) is 0 Å². The Kier molecular flexibility index (Phi) is 6.36. The molecular weight excluding hydrogens is 268 g/mol. The molecule has 112 valence electrons. The highest BCUT2D eigenvalue weighted by Gasteiger charge is 2.26. The van der Waals surface area contributed by atoms with Gasteiger partial charge in [0, 0.05) is 31.1 Å². The summed E-state index contributed by atoms with van der Waals surface area (Å²) in [7, 11) is 1.79. The van der Waals surface area contributed by atoms with Gasteiger partial charge in [-0.2, -0.15) is 0 Å². The molecule has 0 amide bonds. The minimum Gasteiger partial charge on any atom is -0.384 e. The number of hydrogen-bond donors (Lipinski definition) is 1. The average Bonchev–Trinajstić information content (AvgIpc) is 2.49. The highest BCUT2D eigenvalue weighted by molar-refractivity contribution is 7.98. The van der Waals surface area contributed by atoms with Gasteiger partial charge in [0.15, 0.2) is 0 Å². The topological polar surface area (TPSA) is 38.5 Å². The molecule has 0 aromatic heterocycles. The fraction of sp³-hybridized carbons (Fsp3) is 0.625. The second-order valence-corrected chi connectivity index (χ2v) is 6.36. The molecule has 0 radical (unpaired) electrons. The third-order valence-corrected chi connectivity index (χ3v) is 4.86. The van der Waals surface area contributed by atoms with Crippen molar-refractivity contribution < 1.29 is 4.74 Å². The van der Waals surface area contributed by atoms with Gasteiger partial charge in [0.2, 0.25) is 0 Å². The lowest BCUT2D eigenvalue weighted by Crippen LogP contribution is -2.42. The first-order chi connectivity index (χ1) is 9.78. The minimum absolute atomic E-state index is 0.338. The van der Waals surface area contributed by atoms with Crippen molar-refractivity contribution in [1.82, 2.24) is 4.90 Å². The van der Waals surface area contributed by atoms with Crippen LogP contribution in [-0.4, -0.2) is 44.5 Å². The molecule has 2 atom stereocenters. The number of hydrogen-bond acceptors (Lipinski definition) is 4. The van der Waals surface area contributed by atoms with Crippen LogP contribution in [0.5, 0.6) is 0 Å². The maximum absolute atomic E-state index is 6.05. The molecule has 2 rings (SSSR count). The Morgan fingerprint density at radius 2 is 2.15 bits per heavy atom. The normalized spacial score (nSPS) is 21.9. The van der Waals surface area contributed by atoms with Crippen LogP contribution in [0.25, 0.3) is 0 Å². The molecule has 20 heavy (non-hydrogen) atoms. The van der Waals surface area contributed by atoms with E-state index < -0.39 is 0 Å². The number of nitrogens with two attached hydrogens (primary N) is 1. The van der Waals surface area contributed by atoms with Gasteiger partial charge in [-0.3, -0.25) is 4.90 Å². The Bertz CT molecular complexity index is 394. The van der Waals surface area contributed by atoms with E-state index in [1.165, 1.54) is 23.3 Å². The zero-order valence-electron chi connectivity index (χ0n) is 12.5. The van der Waals surface area contributed by atoms with Crippen LogP contribution in [0.1, 0.15) is 24.4 Å². The van der Waals surface area contributed by atoms with Crippen molar-refractivity contribution in [1.29, 1.82) is 0 Å². The number of ether oxygens (including phenoxy) is 1. The van der Waals surface area contributed by atoms with E-state index in [9.17, 15) is 0 Å². The zero-order chi connectivity index (χ0) is 14.4. The Hall–Kier alpha value is -0.550. The fourth-order valence-corrected chi connectivity index (χ4v) is 3.48. The number of thioether (sulfide) groups is 1. The van der Waals surface area contributed by atoms with Crippen molar-refractivity contribution in [3.05, 3.63) is 29.8 Å². The molecule has 0 bridgehead atoms. The first-order valence-electron chi connectivity index (χ1n) is 7.35. The maximum Gasteiger partial charge on any atom is 0.0502 e. The van der Waals surface area contributed by atoms with E-state index in [1.807, 2.05) is 0 Å². The van der Waals surface area contributed by atoms with Gasteiger partial charge in [0.1, 0.15) is 0 Å². The van der Waals surface area contributed by atoms with Crippen LogP contribution in [0.15, 0.2) is 29.2 Å². The molecule has 4 heteroatoms. The number of benzene rings is 1. The maximum atomic E-state index is 6.05. The Labute approximate surface area is 126 Å². The van der Waals surface area contributed by atoms with Gasteiger partial charge >= 0.3 is 0 Å². The summed E-state index contributed by atoms with van der Waals surface area (Å²) in [6.07, 6.45) is 4.62. The van der Waals surface area contributed by atoms with E-state index in [2.05, 4.69) is 35.4 Å². The molecule has 1 aliphatic rings. The van der Waals surface area contributed by atoms with Gasteiger partial charge in [-0.15, -0.1) is 11.8 Å². The highest BCUT2D eigenvalue weighted by atomic mass is 32.2. The van der Waals surface area contributed by atoms with Crippen LogP contribution >= 0.6 is 11.8 Å². The number of likely N-dealkylation sites (tertiary alicyclic amines) is 1. The largest absolute Gasteiger partial charge is 0.384 e. The van der Waals surface area contributed by atoms with Crippen molar-refractivity contribution in [3.8, 4) is 0 Å². The Morgan fingerprint density at radius 3 is 2.75 bits per heavy atom. The third-order valence-electron chi connectivity index (χ3n) is 4.12. The lowest BCUT2D eigenvalue weighted by atomic mass is 9.95. The summed E-state index contributed by atoms with van der Waals surface area (Å²) in [5.74, 6) is 0.647. The van der Waals surface area contributed by atoms with E-state index in [0.29, 0.717) is 18.5 Å². The van der Waals surface area contributed by atoms with Gasteiger partial charge in [0.05, 0.1) is 6.61 Å². The van der Waals surface area contributed by atoms with Crippen LogP contribution < -0.4 is 5.73 Å². The molecule has 3 nitrogen and oxygen atoms in total. The molecule has 1 saturated heterocycles. The lowest BCUT2D eigenvalue weighted by molar-refractivity contribution is 0.0697. The molecule has 2 unspecified atom stereocenters. The lowest BCUT2D eigenvalue weighted by Gasteiger charge is -2.38. The van der Waals surface area contributed by atoms with E-state index in [0.717, 1.165) is 19.7 Å². The number of piperidine rings is 1. The average molecular weight is 294 g/mol. The van der Waals surface area contributed by atoms with Crippen LogP contribution in [0.4, 0.5) is 0 Å². The molecule has 1 aliphatic heterocycles. The molecule has 0 aliphatic carbocycles. The standard InChI is InChI=1S/C16H26N2OS/c1-19-12-13-4-3-9-18(11-13)16(10-17)14-5-7-15(20-2)8-6-14/h5-8,13,16H,3-4,9-12,17H2,1-2H3. The third kappa shape index (κ3) is 3.98. The number of rotatable bonds is 6. The summed E-state index contributed by atoms with van der Waals surface area (Å²) in [6.45, 7) is 3.78. The molecule has 1 heterocycles. The van der Waals surface area contributed by atoms with E-state index >= 15 is 0 Å². The first-order valence-corrected chi connectivity index (χ1v) is 8.58. The quantitative estimate of drug-likeness (QED) is 0.819. The number of nitrogens with zero attached hydrogens (tertiary/aromatic N) is 1. The summed E-state index contributed by atoms with van der Waals surface area (Å²) >= 11 is 1.78. The molecular formula is C16H26N2OS. The first kappa shape index (κ1) is 15.8. The molecule has 1 aromatic carbocycles. The SMILES string of the molecule is COCC1CCCN(C(CN)c2ccc(SC)cc2)C1. The Morgan fingerprint density at radius 1 is 1.40 bits per heavy atom. The molecule has 1 fully saturated rings. The molecule has 2 N–H and O–H groups in total. The molecule has 1 aromatic rings. The van der Waals surface area contributed by atoms with Crippen LogP contribution in [-0.2, 0) is 4.74 Å². The zero-order valence-corrected chi connectivity index (χ0v) is 13.4. The van der Waals surface area contributed by atoms with Gasteiger partial charge < -0.3 is 10.5 Å². The summed E-state index contributed by atoms with van der Waals surface area (Å²) in [5.41, 5.74) is 7.38. The van der Waals surface area contributed by atoms with Gasteiger partial charge in [-0.1, -0.05) is 12.1 Å². The van der Waals surface area contributed by atoms with Crippen molar-refractivity contribution in [2.24, 2.45) is 11.7 Å². The Balaban J connectivity index is 2.06. The summed E-state index contributed by atoms with van der Waals surface area (Å²) in [4.78, 5) is 3.83. The monoisotopic (exact) mass is 294 g/mol. The van der Waals surface area contributed by atoms with E-state index in [-0.39, 0.29) is 0 Å². The van der Waals surface area contributed by atoms with E-state index in [1.54, 1.807) is 18.9 Å². The van der Waals surface area contributed by atoms with Crippen LogP contribution in [0.2, 0.25) is 0 Å². The number of methoxy groups -OCH3 is 1.